The molecule has 0 bridgehead atoms. The van der Waals surface area contributed by atoms with Crippen molar-refractivity contribution in [2.24, 2.45) is 29.1 Å². The van der Waals surface area contributed by atoms with E-state index in [2.05, 4.69) is 16.0 Å². The monoisotopic (exact) mass is 900 g/mol. The Morgan fingerprint density at radius 2 is 1.56 bits per heavy atom. The van der Waals surface area contributed by atoms with Gasteiger partial charge in [-0.15, -0.1) is 0 Å². The molecule has 2 fully saturated rings. The number of aliphatic hydroxyl groups is 1. The molecule has 4 N–H and O–H groups in total. The third-order valence-electron chi connectivity index (χ3n) is 12.2. The summed E-state index contributed by atoms with van der Waals surface area (Å²) < 4.78 is 17.0. The lowest BCUT2D eigenvalue weighted by Crippen LogP contribution is -2.60. The van der Waals surface area contributed by atoms with Crippen molar-refractivity contribution in [3.63, 3.8) is 0 Å². The standard InChI is InChI=1S/C47H73N5O12/c1-14-27(6)37-35(53)24-36(54)64-40(26(4)5)39(55)28(7)41(56)48-32(22-25(2)3)43(58)52-21-15-16-33(52)44(59)51(12)34(23-30-17-19-31(62-13)20-18-30)45(60)63-29(8)38(42(57)49-37)50-46(61)47(9,10)11/h17-20,25-29,32-35,37-38,40,53H,14-16,21-24H2,1-13H3,(H,48,56)(H,49,57)(H,50,61)/t27-,28-,29-,32+,33-,34-,35+,37+,38-,40+/m0/s1. The minimum atomic E-state index is -1.54. The van der Waals surface area contributed by atoms with Crippen molar-refractivity contribution >= 4 is 47.3 Å². The van der Waals surface area contributed by atoms with Gasteiger partial charge in [0.25, 0.3) is 0 Å². The molecule has 358 valence electrons. The summed E-state index contributed by atoms with van der Waals surface area (Å²) in [6, 6.07) is 0.821. The summed E-state index contributed by atoms with van der Waals surface area (Å²) in [6.45, 7) is 18.5. The summed E-state index contributed by atoms with van der Waals surface area (Å²) in [4.78, 5) is 115. The summed E-state index contributed by atoms with van der Waals surface area (Å²) in [5.41, 5.74) is -0.359. The van der Waals surface area contributed by atoms with Crippen molar-refractivity contribution in [3.8, 4) is 5.75 Å². The average molecular weight is 900 g/mol. The van der Waals surface area contributed by atoms with Crippen LogP contribution in [0.25, 0.3) is 0 Å². The van der Waals surface area contributed by atoms with Crippen LogP contribution in [0.3, 0.4) is 0 Å². The molecule has 0 saturated carbocycles. The van der Waals surface area contributed by atoms with Gasteiger partial charge in [-0.2, -0.15) is 0 Å². The van der Waals surface area contributed by atoms with Crippen LogP contribution in [0.15, 0.2) is 24.3 Å². The molecule has 2 heterocycles. The van der Waals surface area contributed by atoms with Gasteiger partial charge in [0.2, 0.25) is 29.5 Å². The first-order valence-electron chi connectivity index (χ1n) is 22.6. The minimum absolute atomic E-state index is 0.0443. The van der Waals surface area contributed by atoms with Crippen molar-refractivity contribution in [1.82, 2.24) is 25.8 Å². The second-order valence-corrected chi connectivity index (χ2v) is 19.2. The van der Waals surface area contributed by atoms with Gasteiger partial charge in [-0.1, -0.05) is 80.9 Å². The van der Waals surface area contributed by atoms with E-state index in [1.165, 1.54) is 37.8 Å². The van der Waals surface area contributed by atoms with Crippen LogP contribution in [0.1, 0.15) is 114 Å². The van der Waals surface area contributed by atoms with Gasteiger partial charge in [0, 0.05) is 25.4 Å². The number of hydrogen-bond acceptors (Lipinski definition) is 12. The number of hydrogen-bond donors (Lipinski definition) is 4. The number of carbonyl (C=O) groups is 8. The molecule has 10 atom stereocenters. The highest BCUT2D eigenvalue weighted by atomic mass is 16.6. The molecule has 0 aromatic heterocycles. The zero-order valence-corrected chi connectivity index (χ0v) is 40.0. The maximum Gasteiger partial charge on any atom is 0.329 e. The van der Waals surface area contributed by atoms with Gasteiger partial charge in [-0.05, 0) is 68.6 Å². The van der Waals surface area contributed by atoms with Crippen LogP contribution in [0.4, 0.5) is 0 Å². The van der Waals surface area contributed by atoms with Crippen LogP contribution in [-0.4, -0.2) is 131 Å². The van der Waals surface area contributed by atoms with Crippen LogP contribution in [0.2, 0.25) is 0 Å². The highest BCUT2D eigenvalue weighted by Gasteiger charge is 2.44. The van der Waals surface area contributed by atoms with Crippen LogP contribution in [-0.2, 0) is 54.3 Å². The lowest BCUT2D eigenvalue weighted by Gasteiger charge is -2.35. The number of benzene rings is 1. The lowest BCUT2D eigenvalue weighted by molar-refractivity contribution is -0.163. The van der Waals surface area contributed by atoms with Gasteiger partial charge < -0.3 is 45.1 Å². The van der Waals surface area contributed by atoms with E-state index in [0.717, 1.165) is 0 Å². The molecule has 0 aliphatic carbocycles. The van der Waals surface area contributed by atoms with E-state index < -0.39 is 125 Å². The number of methoxy groups -OCH3 is 1. The number of carbonyl (C=O) groups excluding carboxylic acids is 8. The number of fused-ring (bicyclic) bond motifs is 1. The Morgan fingerprint density at radius 3 is 2.11 bits per heavy atom. The highest BCUT2D eigenvalue weighted by molar-refractivity contribution is 6.05. The van der Waals surface area contributed by atoms with Crippen molar-refractivity contribution in [2.45, 2.75) is 163 Å². The first kappa shape index (κ1) is 53.3. The molecule has 0 radical (unpaired) electrons. The van der Waals surface area contributed by atoms with Gasteiger partial charge in [0.15, 0.2) is 11.9 Å². The fraction of sp³-hybridized carbons (Fsp3) is 0.702. The van der Waals surface area contributed by atoms with Crippen molar-refractivity contribution in [2.75, 3.05) is 20.7 Å². The average Bonchev–Trinajstić information content (AvgIpc) is 3.73. The van der Waals surface area contributed by atoms with Gasteiger partial charge in [-0.25, -0.2) is 4.79 Å². The number of Topliss-reactive ketones (excluding diaryl/α,β-unsaturated/α-hetero) is 1. The number of amides is 5. The second-order valence-electron chi connectivity index (χ2n) is 19.2. The summed E-state index contributed by atoms with van der Waals surface area (Å²) in [6.07, 6.45) is -3.64. The molecule has 1 aromatic carbocycles. The number of esters is 2. The summed E-state index contributed by atoms with van der Waals surface area (Å²) in [5.74, 6) is -7.74. The fourth-order valence-corrected chi connectivity index (χ4v) is 7.82. The Morgan fingerprint density at radius 1 is 0.938 bits per heavy atom. The third-order valence-corrected chi connectivity index (χ3v) is 12.2. The SMILES string of the molecule is CC[C@H](C)[C@H]1NC(=O)[C@@H](NC(=O)C(C)(C)C)[C@H](C)OC(=O)[C@H](Cc2ccc(OC)cc2)N(C)C(=O)[C@@H]2CCCN2C(=O)[C@@H](CC(C)C)NC(=O)[C@@H](C)C(=O)[C@@H](C(C)C)OC(=O)C[C@H]1O. The number of rotatable bonds is 9. The van der Waals surface area contributed by atoms with Gasteiger partial charge in [0.05, 0.1) is 31.6 Å². The molecular formula is C47H73N5O12. The number of likely N-dealkylation sites (N-methyl/N-ethyl adjacent to an activating group) is 1. The predicted octanol–water partition coefficient (Wildman–Crippen LogP) is 3.12. The largest absolute Gasteiger partial charge is 0.497 e. The molecule has 2 saturated heterocycles. The van der Waals surface area contributed by atoms with E-state index in [4.69, 9.17) is 14.2 Å². The Bertz CT molecular complexity index is 1830. The zero-order chi connectivity index (χ0) is 48.4. The quantitative estimate of drug-likeness (QED) is 0.207. The number of nitrogens with zero attached hydrogens (tertiary/aromatic N) is 2. The summed E-state index contributed by atoms with van der Waals surface area (Å²) in [7, 11) is 2.95. The summed E-state index contributed by atoms with van der Waals surface area (Å²) in [5, 5.41) is 19.8. The minimum Gasteiger partial charge on any atom is -0.497 e. The normalized spacial score (nSPS) is 28.2. The van der Waals surface area contributed by atoms with E-state index in [0.29, 0.717) is 24.2 Å². The number of aliphatic hydroxyl groups excluding tert-OH is 1. The van der Waals surface area contributed by atoms with Crippen LogP contribution < -0.4 is 20.7 Å². The number of ketones is 1. The van der Waals surface area contributed by atoms with Crippen LogP contribution in [0, 0.1) is 29.1 Å². The maximum atomic E-state index is 14.6. The number of ether oxygens (including phenoxy) is 3. The van der Waals surface area contributed by atoms with Crippen LogP contribution in [0.5, 0.6) is 5.75 Å². The Kier molecular flexibility index (Phi) is 19.3. The van der Waals surface area contributed by atoms with Crippen LogP contribution >= 0.6 is 0 Å². The van der Waals surface area contributed by atoms with E-state index >= 15 is 0 Å². The Labute approximate surface area is 378 Å². The lowest BCUT2D eigenvalue weighted by atomic mass is 9.91. The second kappa shape index (κ2) is 23.2. The van der Waals surface area contributed by atoms with Crippen molar-refractivity contribution < 1.29 is 57.7 Å². The smallest absolute Gasteiger partial charge is 0.329 e. The van der Waals surface area contributed by atoms with Gasteiger partial charge >= 0.3 is 11.9 Å². The van der Waals surface area contributed by atoms with E-state index in [1.807, 2.05) is 20.8 Å². The number of nitrogens with one attached hydrogen (secondary N) is 3. The Hall–Kier alpha value is -5.06. The van der Waals surface area contributed by atoms with E-state index in [9.17, 15) is 43.5 Å². The first-order chi connectivity index (χ1) is 29.8. The maximum absolute atomic E-state index is 14.6. The zero-order valence-electron chi connectivity index (χ0n) is 40.0. The first-order valence-corrected chi connectivity index (χ1v) is 22.6. The predicted molar refractivity (Wildman–Crippen MR) is 237 cm³/mol. The highest BCUT2D eigenvalue weighted by Crippen LogP contribution is 2.26. The molecule has 0 unspecified atom stereocenters. The molecule has 0 spiro atoms. The molecule has 17 heteroatoms. The topological polar surface area (TPSA) is 227 Å². The van der Waals surface area contributed by atoms with Gasteiger partial charge in [-0.3, -0.25) is 33.6 Å². The van der Waals surface area contributed by atoms with Crippen molar-refractivity contribution in [1.29, 1.82) is 0 Å². The molecule has 3 rings (SSSR count). The molecular weight excluding hydrogens is 827 g/mol. The molecule has 2 aliphatic rings. The molecule has 1 aromatic rings. The third kappa shape index (κ3) is 14.0. The van der Waals surface area contributed by atoms with Crippen molar-refractivity contribution in [3.05, 3.63) is 29.8 Å². The van der Waals surface area contributed by atoms with E-state index in [1.54, 1.807) is 65.8 Å². The molecule has 5 amide bonds. The fourth-order valence-electron chi connectivity index (χ4n) is 7.82. The van der Waals surface area contributed by atoms with Gasteiger partial charge in [0.1, 0.15) is 36.0 Å². The molecule has 64 heavy (non-hydrogen) atoms. The van der Waals surface area contributed by atoms with E-state index in [-0.39, 0.29) is 31.7 Å². The Balaban J connectivity index is 2.22. The molecule has 2 aliphatic heterocycles. The molecule has 17 nitrogen and oxygen atoms in total. The number of cyclic esters (lactones) is 2. The summed E-state index contributed by atoms with van der Waals surface area (Å²) >= 11 is 0.